The number of H-pyrrole nitrogens is 2. The average Bonchev–Trinajstić information content (AvgIpc) is 3.36. The third kappa shape index (κ3) is 3.99. The zero-order valence-corrected chi connectivity index (χ0v) is 16.1. The van der Waals surface area contributed by atoms with Crippen LogP contribution in [-0.2, 0) is 12.7 Å². The van der Waals surface area contributed by atoms with Crippen molar-refractivity contribution in [1.82, 2.24) is 30.0 Å². The molecule has 11 heteroatoms. The Kier molecular flexibility index (Phi) is 5.17. The van der Waals surface area contributed by atoms with Crippen LogP contribution in [0.3, 0.4) is 0 Å². The van der Waals surface area contributed by atoms with Crippen LogP contribution >= 0.6 is 0 Å². The van der Waals surface area contributed by atoms with Gasteiger partial charge in [0.2, 0.25) is 0 Å². The van der Waals surface area contributed by atoms with Crippen molar-refractivity contribution in [3.05, 3.63) is 47.5 Å². The van der Waals surface area contributed by atoms with Gasteiger partial charge in [-0.2, -0.15) is 23.5 Å². The predicted octanol–water partition coefficient (Wildman–Crippen LogP) is 2.80. The summed E-state index contributed by atoms with van der Waals surface area (Å²) in [4.78, 5) is 15.4. The number of piperazine rings is 1. The Labute approximate surface area is 170 Å². The molecular weight excluding hydrogens is 397 g/mol. The fourth-order valence-corrected chi connectivity index (χ4v) is 3.62. The lowest BCUT2D eigenvalue weighted by atomic mass is 10.1. The van der Waals surface area contributed by atoms with Crippen molar-refractivity contribution in [2.45, 2.75) is 25.7 Å². The highest BCUT2D eigenvalue weighted by atomic mass is 19.4. The summed E-state index contributed by atoms with van der Waals surface area (Å²) in [6, 6.07) is 4.58. The van der Waals surface area contributed by atoms with Crippen molar-refractivity contribution in [3.8, 4) is 17.6 Å². The molecule has 0 saturated carbocycles. The van der Waals surface area contributed by atoms with Gasteiger partial charge in [0.15, 0.2) is 5.82 Å². The SMILES string of the molecule is C[C@@H]1CN(Cc2cn[nH]c2-c2ncc(C#N)[nH]2)CCN1c1ccc(C(F)(F)F)cn1. The van der Waals surface area contributed by atoms with Crippen LogP contribution in [0.25, 0.3) is 11.5 Å². The first-order chi connectivity index (χ1) is 14.3. The lowest BCUT2D eigenvalue weighted by molar-refractivity contribution is -0.137. The molecule has 30 heavy (non-hydrogen) atoms. The molecule has 2 N–H and O–H groups in total. The van der Waals surface area contributed by atoms with E-state index in [-0.39, 0.29) is 6.04 Å². The molecule has 1 fully saturated rings. The standard InChI is InChI=1S/C19H19F3N8/c1-12-10-29(4-5-30(12)16-3-2-14(8-24-16)19(20,21)22)11-13-7-26-28-17(13)18-25-9-15(6-23)27-18/h2-3,7-9,12H,4-5,10-11H2,1H3,(H,25,27)(H,26,28)/t12-/m1/s1. The number of hydrogen-bond donors (Lipinski definition) is 2. The van der Waals surface area contributed by atoms with Gasteiger partial charge in [-0.15, -0.1) is 0 Å². The molecular formula is C19H19F3N8. The molecule has 1 aliphatic heterocycles. The van der Waals surface area contributed by atoms with Crippen molar-refractivity contribution < 1.29 is 13.2 Å². The van der Waals surface area contributed by atoms with Gasteiger partial charge in [-0.3, -0.25) is 10.00 Å². The summed E-state index contributed by atoms with van der Waals surface area (Å²) in [5.41, 5.74) is 1.30. The summed E-state index contributed by atoms with van der Waals surface area (Å²) in [7, 11) is 0. The third-order valence-electron chi connectivity index (χ3n) is 5.13. The van der Waals surface area contributed by atoms with Crippen LogP contribution in [0.2, 0.25) is 0 Å². The van der Waals surface area contributed by atoms with E-state index in [1.54, 1.807) is 6.20 Å². The van der Waals surface area contributed by atoms with E-state index in [2.05, 4.69) is 30.0 Å². The molecule has 0 radical (unpaired) electrons. The average molecular weight is 416 g/mol. The first-order valence-electron chi connectivity index (χ1n) is 9.35. The number of halogens is 3. The molecule has 3 aromatic rings. The van der Waals surface area contributed by atoms with Gasteiger partial charge in [-0.05, 0) is 19.1 Å². The van der Waals surface area contributed by atoms with E-state index < -0.39 is 11.7 Å². The van der Waals surface area contributed by atoms with Crippen LogP contribution in [0.15, 0.2) is 30.7 Å². The molecule has 1 atom stereocenters. The molecule has 0 unspecified atom stereocenters. The first-order valence-corrected chi connectivity index (χ1v) is 9.35. The van der Waals surface area contributed by atoms with Crippen LogP contribution in [0.1, 0.15) is 23.7 Å². The lowest BCUT2D eigenvalue weighted by Gasteiger charge is -2.40. The summed E-state index contributed by atoms with van der Waals surface area (Å²) in [5, 5.41) is 16.0. The number of anilines is 1. The fourth-order valence-electron chi connectivity index (χ4n) is 3.62. The van der Waals surface area contributed by atoms with Crippen LogP contribution in [0, 0.1) is 11.3 Å². The van der Waals surface area contributed by atoms with Crippen LogP contribution in [0.4, 0.5) is 19.0 Å². The van der Waals surface area contributed by atoms with Crippen molar-refractivity contribution in [3.63, 3.8) is 0 Å². The molecule has 0 aromatic carbocycles. The highest BCUT2D eigenvalue weighted by molar-refractivity contribution is 5.55. The molecule has 8 nitrogen and oxygen atoms in total. The van der Waals surface area contributed by atoms with E-state index in [9.17, 15) is 13.2 Å². The molecule has 4 heterocycles. The Morgan fingerprint density at radius 3 is 2.67 bits per heavy atom. The van der Waals surface area contributed by atoms with Gasteiger partial charge >= 0.3 is 6.18 Å². The summed E-state index contributed by atoms with van der Waals surface area (Å²) in [6.45, 7) is 4.74. The van der Waals surface area contributed by atoms with E-state index in [1.165, 1.54) is 12.3 Å². The number of rotatable bonds is 4. The van der Waals surface area contributed by atoms with E-state index in [0.717, 1.165) is 36.6 Å². The second-order valence-corrected chi connectivity index (χ2v) is 7.21. The number of hydrogen-bond acceptors (Lipinski definition) is 6. The lowest BCUT2D eigenvalue weighted by Crippen LogP contribution is -2.51. The maximum Gasteiger partial charge on any atom is 0.417 e. The summed E-state index contributed by atoms with van der Waals surface area (Å²) in [5.74, 6) is 1.10. The largest absolute Gasteiger partial charge is 0.417 e. The van der Waals surface area contributed by atoms with Crippen LogP contribution < -0.4 is 4.90 Å². The van der Waals surface area contributed by atoms with Gasteiger partial charge in [0.05, 0.1) is 18.0 Å². The number of aromatic amines is 2. The molecule has 156 valence electrons. The number of pyridine rings is 1. The second kappa shape index (κ2) is 7.79. The highest BCUT2D eigenvalue weighted by Crippen LogP contribution is 2.30. The van der Waals surface area contributed by atoms with E-state index >= 15 is 0 Å². The number of nitrogens with one attached hydrogen (secondary N) is 2. The summed E-state index contributed by atoms with van der Waals surface area (Å²) in [6.07, 6.45) is -0.304. The van der Waals surface area contributed by atoms with Crippen molar-refractivity contribution in [2.24, 2.45) is 0 Å². The fraction of sp³-hybridized carbons (Fsp3) is 0.368. The minimum Gasteiger partial charge on any atom is -0.351 e. The van der Waals surface area contributed by atoms with E-state index in [1.807, 2.05) is 17.9 Å². The molecule has 0 aliphatic carbocycles. The Morgan fingerprint density at radius 1 is 1.20 bits per heavy atom. The number of alkyl halides is 3. The van der Waals surface area contributed by atoms with Gasteiger partial charge in [0, 0.05) is 44.0 Å². The maximum atomic E-state index is 12.8. The second-order valence-electron chi connectivity index (χ2n) is 7.21. The Morgan fingerprint density at radius 2 is 2.03 bits per heavy atom. The van der Waals surface area contributed by atoms with E-state index in [4.69, 9.17) is 5.26 Å². The van der Waals surface area contributed by atoms with Gasteiger partial charge in [-0.25, -0.2) is 9.97 Å². The van der Waals surface area contributed by atoms with Crippen molar-refractivity contribution >= 4 is 5.82 Å². The maximum absolute atomic E-state index is 12.8. The minimum absolute atomic E-state index is 0.0761. The molecule has 4 rings (SSSR count). The molecule has 1 saturated heterocycles. The normalized spacial score (nSPS) is 17.8. The van der Waals surface area contributed by atoms with Crippen LogP contribution in [-0.4, -0.2) is 55.7 Å². The predicted molar refractivity (Wildman–Crippen MR) is 102 cm³/mol. The summed E-state index contributed by atoms with van der Waals surface area (Å²) < 4.78 is 38.3. The van der Waals surface area contributed by atoms with Crippen molar-refractivity contribution in [2.75, 3.05) is 24.5 Å². The number of nitriles is 1. The zero-order valence-electron chi connectivity index (χ0n) is 16.1. The monoisotopic (exact) mass is 416 g/mol. The van der Waals surface area contributed by atoms with E-state index in [0.29, 0.717) is 30.4 Å². The highest BCUT2D eigenvalue weighted by Gasteiger charge is 2.32. The first kappa shape index (κ1) is 19.9. The number of imidazole rings is 1. The Balaban J connectivity index is 1.42. The summed E-state index contributed by atoms with van der Waals surface area (Å²) >= 11 is 0. The number of aromatic nitrogens is 5. The smallest absolute Gasteiger partial charge is 0.351 e. The third-order valence-corrected chi connectivity index (χ3v) is 5.13. The quantitative estimate of drug-likeness (QED) is 0.678. The zero-order chi connectivity index (χ0) is 21.3. The molecule has 0 amide bonds. The van der Waals surface area contributed by atoms with Gasteiger partial charge in [-0.1, -0.05) is 0 Å². The van der Waals surface area contributed by atoms with Gasteiger partial charge in [0.25, 0.3) is 0 Å². The number of nitrogens with zero attached hydrogens (tertiary/aromatic N) is 6. The van der Waals surface area contributed by atoms with Crippen molar-refractivity contribution in [1.29, 1.82) is 5.26 Å². The molecule has 3 aromatic heterocycles. The van der Waals surface area contributed by atoms with Crippen LogP contribution in [0.5, 0.6) is 0 Å². The van der Waals surface area contributed by atoms with Gasteiger partial charge < -0.3 is 9.88 Å². The Hall–Kier alpha value is -3.39. The minimum atomic E-state index is -4.39. The topological polar surface area (TPSA) is 101 Å². The molecule has 1 aliphatic rings. The van der Waals surface area contributed by atoms with Gasteiger partial charge in [0.1, 0.15) is 23.3 Å². The molecule has 0 bridgehead atoms. The molecule has 0 spiro atoms. The Bertz CT molecular complexity index is 1050.